The van der Waals surface area contributed by atoms with Crippen molar-refractivity contribution in [3.63, 3.8) is 0 Å². The standard InChI is InChI=1S/C16H21N5OS/c1-16(2,3)14-19-20-15(23-14)18-11-7-9-21(10-11)13(22)12-6-4-5-8-17-12/h4-6,8,11H,7,9-10H2,1-3H3,(H,18,20)/t11-/m1/s1. The van der Waals surface area contributed by atoms with E-state index in [9.17, 15) is 4.79 Å². The molecular weight excluding hydrogens is 310 g/mol. The van der Waals surface area contributed by atoms with Crippen LogP contribution < -0.4 is 5.32 Å². The van der Waals surface area contributed by atoms with Gasteiger partial charge in [-0.3, -0.25) is 9.78 Å². The van der Waals surface area contributed by atoms with Crippen molar-refractivity contribution in [2.24, 2.45) is 0 Å². The summed E-state index contributed by atoms with van der Waals surface area (Å²) in [6.07, 6.45) is 2.55. The molecule has 6 nitrogen and oxygen atoms in total. The molecule has 23 heavy (non-hydrogen) atoms. The molecule has 1 amide bonds. The molecule has 0 aliphatic carbocycles. The number of aromatic nitrogens is 3. The number of amides is 1. The summed E-state index contributed by atoms with van der Waals surface area (Å²) in [6.45, 7) is 7.78. The monoisotopic (exact) mass is 331 g/mol. The number of likely N-dealkylation sites (tertiary alicyclic amines) is 1. The van der Waals surface area contributed by atoms with E-state index in [1.165, 1.54) is 0 Å². The van der Waals surface area contributed by atoms with E-state index in [0.29, 0.717) is 12.2 Å². The Morgan fingerprint density at radius 3 is 2.83 bits per heavy atom. The van der Waals surface area contributed by atoms with E-state index in [0.717, 1.165) is 23.1 Å². The highest BCUT2D eigenvalue weighted by Crippen LogP contribution is 2.28. The van der Waals surface area contributed by atoms with Gasteiger partial charge in [0.25, 0.3) is 5.91 Å². The van der Waals surface area contributed by atoms with Crippen molar-refractivity contribution < 1.29 is 4.79 Å². The van der Waals surface area contributed by atoms with Crippen molar-refractivity contribution in [3.8, 4) is 0 Å². The highest BCUT2D eigenvalue weighted by atomic mass is 32.1. The SMILES string of the molecule is CC(C)(C)c1nnc(N[C@@H]2CCN(C(=O)c3ccccn3)C2)s1. The minimum absolute atomic E-state index is 0.00819. The van der Waals surface area contributed by atoms with Crippen LogP contribution in [0.2, 0.25) is 0 Å². The number of pyridine rings is 1. The van der Waals surface area contributed by atoms with E-state index in [2.05, 4.69) is 41.3 Å². The fourth-order valence-electron chi connectivity index (χ4n) is 2.47. The van der Waals surface area contributed by atoms with Crippen LogP contribution in [0.15, 0.2) is 24.4 Å². The Balaban J connectivity index is 1.60. The Morgan fingerprint density at radius 1 is 1.35 bits per heavy atom. The predicted molar refractivity (Wildman–Crippen MR) is 90.8 cm³/mol. The first-order chi connectivity index (χ1) is 10.9. The van der Waals surface area contributed by atoms with Crippen LogP contribution in [-0.4, -0.2) is 45.1 Å². The first-order valence-electron chi connectivity index (χ1n) is 7.74. The van der Waals surface area contributed by atoms with Gasteiger partial charge in [0.15, 0.2) is 0 Å². The lowest BCUT2D eigenvalue weighted by molar-refractivity contribution is 0.0786. The average Bonchev–Trinajstić information content (AvgIpc) is 3.17. The van der Waals surface area contributed by atoms with Gasteiger partial charge >= 0.3 is 0 Å². The molecule has 1 aliphatic rings. The summed E-state index contributed by atoms with van der Waals surface area (Å²) in [5.74, 6) is -0.0115. The Morgan fingerprint density at radius 2 is 2.17 bits per heavy atom. The molecule has 2 aromatic heterocycles. The molecule has 1 atom stereocenters. The summed E-state index contributed by atoms with van der Waals surface area (Å²) >= 11 is 1.58. The van der Waals surface area contributed by atoms with Gasteiger partial charge in [0, 0.05) is 30.7 Å². The van der Waals surface area contributed by atoms with E-state index in [1.807, 2.05) is 17.0 Å². The molecule has 1 fully saturated rings. The number of nitrogens with zero attached hydrogens (tertiary/aromatic N) is 4. The van der Waals surface area contributed by atoms with Gasteiger partial charge in [-0.05, 0) is 18.6 Å². The normalized spacial score (nSPS) is 18.2. The van der Waals surface area contributed by atoms with Crippen molar-refractivity contribution in [1.29, 1.82) is 0 Å². The fourth-order valence-corrected chi connectivity index (χ4v) is 3.35. The van der Waals surface area contributed by atoms with Crippen molar-refractivity contribution >= 4 is 22.4 Å². The number of carbonyl (C=O) groups excluding carboxylic acids is 1. The van der Waals surface area contributed by atoms with E-state index in [4.69, 9.17) is 0 Å². The lowest BCUT2D eigenvalue weighted by Gasteiger charge is -2.16. The van der Waals surface area contributed by atoms with E-state index >= 15 is 0 Å². The molecule has 0 bridgehead atoms. The van der Waals surface area contributed by atoms with Gasteiger partial charge < -0.3 is 10.2 Å². The number of rotatable bonds is 3. The van der Waals surface area contributed by atoms with Crippen LogP contribution in [0.25, 0.3) is 0 Å². The van der Waals surface area contributed by atoms with Crippen LogP contribution >= 0.6 is 11.3 Å². The molecule has 1 saturated heterocycles. The Kier molecular flexibility index (Phi) is 4.30. The minimum atomic E-state index is -0.0115. The minimum Gasteiger partial charge on any atom is -0.355 e. The molecule has 0 aromatic carbocycles. The highest BCUT2D eigenvalue weighted by Gasteiger charge is 2.28. The summed E-state index contributed by atoms with van der Waals surface area (Å²) in [7, 11) is 0. The molecule has 0 saturated carbocycles. The van der Waals surface area contributed by atoms with Crippen molar-refractivity contribution in [2.75, 3.05) is 18.4 Å². The number of anilines is 1. The Hall–Kier alpha value is -2.02. The van der Waals surface area contributed by atoms with Gasteiger partial charge in [-0.1, -0.05) is 38.2 Å². The zero-order valence-electron chi connectivity index (χ0n) is 13.6. The summed E-state index contributed by atoms with van der Waals surface area (Å²) in [6, 6.07) is 5.61. The number of nitrogens with one attached hydrogen (secondary N) is 1. The Labute approximate surface area is 140 Å². The lowest BCUT2D eigenvalue weighted by atomic mass is 9.98. The van der Waals surface area contributed by atoms with E-state index < -0.39 is 0 Å². The first-order valence-corrected chi connectivity index (χ1v) is 8.56. The first kappa shape index (κ1) is 15.9. The van der Waals surface area contributed by atoms with Gasteiger partial charge in [-0.2, -0.15) is 0 Å². The molecule has 7 heteroatoms. The summed E-state index contributed by atoms with van der Waals surface area (Å²) in [5.41, 5.74) is 0.507. The third kappa shape index (κ3) is 3.67. The summed E-state index contributed by atoms with van der Waals surface area (Å²) in [5, 5.41) is 13.7. The lowest BCUT2D eigenvalue weighted by Crippen LogP contribution is -2.32. The van der Waals surface area contributed by atoms with Crippen LogP contribution in [0.3, 0.4) is 0 Å². The molecule has 0 unspecified atom stereocenters. The van der Waals surface area contributed by atoms with Gasteiger partial charge in [0.05, 0.1) is 0 Å². The summed E-state index contributed by atoms with van der Waals surface area (Å²) in [4.78, 5) is 18.4. The zero-order chi connectivity index (χ0) is 16.4. The summed E-state index contributed by atoms with van der Waals surface area (Å²) < 4.78 is 0. The van der Waals surface area contributed by atoms with Crippen molar-refractivity contribution in [1.82, 2.24) is 20.1 Å². The predicted octanol–water partition coefficient (Wildman–Crippen LogP) is 2.56. The van der Waals surface area contributed by atoms with Crippen LogP contribution in [-0.2, 0) is 5.41 Å². The topological polar surface area (TPSA) is 71.0 Å². The van der Waals surface area contributed by atoms with Crippen molar-refractivity contribution in [2.45, 2.75) is 38.6 Å². The van der Waals surface area contributed by atoms with Gasteiger partial charge in [-0.15, -0.1) is 10.2 Å². The largest absolute Gasteiger partial charge is 0.355 e. The number of hydrogen-bond acceptors (Lipinski definition) is 6. The zero-order valence-corrected chi connectivity index (χ0v) is 14.4. The quantitative estimate of drug-likeness (QED) is 0.936. The van der Waals surface area contributed by atoms with Crippen LogP contribution in [0, 0.1) is 0 Å². The Bertz CT molecular complexity index is 679. The van der Waals surface area contributed by atoms with Gasteiger partial charge in [-0.25, -0.2) is 0 Å². The smallest absolute Gasteiger partial charge is 0.272 e. The van der Waals surface area contributed by atoms with E-state index in [1.54, 1.807) is 23.6 Å². The van der Waals surface area contributed by atoms with Crippen LogP contribution in [0.1, 0.15) is 42.7 Å². The maximum atomic E-state index is 12.4. The third-order valence-corrected chi connectivity index (χ3v) is 5.03. The molecular formula is C16H21N5OS. The second-order valence-electron chi connectivity index (χ2n) is 6.76. The molecule has 2 aromatic rings. The van der Waals surface area contributed by atoms with Crippen LogP contribution in [0.5, 0.6) is 0 Å². The molecule has 3 heterocycles. The maximum absolute atomic E-state index is 12.4. The third-order valence-electron chi connectivity index (χ3n) is 3.75. The molecule has 0 spiro atoms. The molecule has 1 aliphatic heterocycles. The molecule has 0 radical (unpaired) electrons. The average molecular weight is 331 g/mol. The number of hydrogen-bond donors (Lipinski definition) is 1. The second kappa shape index (κ2) is 6.23. The maximum Gasteiger partial charge on any atom is 0.272 e. The highest BCUT2D eigenvalue weighted by molar-refractivity contribution is 7.15. The fraction of sp³-hybridized carbons (Fsp3) is 0.500. The number of carbonyl (C=O) groups is 1. The van der Waals surface area contributed by atoms with E-state index in [-0.39, 0.29) is 17.4 Å². The van der Waals surface area contributed by atoms with Gasteiger partial charge in [0.2, 0.25) is 5.13 Å². The van der Waals surface area contributed by atoms with Crippen LogP contribution in [0.4, 0.5) is 5.13 Å². The van der Waals surface area contributed by atoms with Gasteiger partial charge in [0.1, 0.15) is 10.7 Å². The second-order valence-corrected chi connectivity index (χ2v) is 7.74. The molecule has 1 N–H and O–H groups in total. The van der Waals surface area contributed by atoms with Crippen molar-refractivity contribution in [3.05, 3.63) is 35.1 Å². The molecule has 3 rings (SSSR count). The molecule has 122 valence electrons.